The summed E-state index contributed by atoms with van der Waals surface area (Å²) in [6.07, 6.45) is 1.03. The van der Waals surface area contributed by atoms with E-state index in [2.05, 4.69) is 11.9 Å². The first-order valence-corrected chi connectivity index (χ1v) is 5.17. The Labute approximate surface area is 103 Å². The second-order valence-electron chi connectivity index (χ2n) is 3.30. The molecule has 0 rings (SSSR count). The van der Waals surface area contributed by atoms with E-state index in [4.69, 9.17) is 4.55 Å². The average molecular weight is 234 g/mol. The molecule has 0 saturated carbocycles. The van der Waals surface area contributed by atoms with Gasteiger partial charge in [0, 0.05) is 0 Å². The SMILES string of the molecule is C=CC(=O)NC(C)(C)CS(=O)(=O)O.[H-].[H-].[Mg+2]. The Balaban J connectivity index is -0.000000240. The summed E-state index contributed by atoms with van der Waals surface area (Å²) in [7, 11) is -4.08. The topological polar surface area (TPSA) is 83.5 Å². The molecule has 0 fully saturated rings. The molecule has 0 radical (unpaired) electrons. The van der Waals surface area contributed by atoms with Gasteiger partial charge in [-0.3, -0.25) is 9.35 Å². The third-order valence-electron chi connectivity index (χ3n) is 1.19. The summed E-state index contributed by atoms with van der Waals surface area (Å²) < 4.78 is 29.5. The van der Waals surface area contributed by atoms with Crippen LogP contribution in [0.2, 0.25) is 0 Å². The van der Waals surface area contributed by atoms with E-state index >= 15 is 0 Å². The Bertz CT molecular complexity index is 318. The van der Waals surface area contributed by atoms with Gasteiger partial charge < -0.3 is 8.17 Å². The zero-order chi connectivity index (χ0) is 10.7. The summed E-state index contributed by atoms with van der Waals surface area (Å²) >= 11 is 0. The summed E-state index contributed by atoms with van der Waals surface area (Å²) in [5.41, 5.74) is -1.00. The van der Waals surface area contributed by atoms with Crippen LogP contribution in [-0.2, 0) is 14.9 Å². The fourth-order valence-corrected chi connectivity index (χ4v) is 1.86. The van der Waals surface area contributed by atoms with Crippen molar-refractivity contribution in [1.82, 2.24) is 5.32 Å². The van der Waals surface area contributed by atoms with Crippen LogP contribution < -0.4 is 5.32 Å². The molecule has 0 aromatic carbocycles. The van der Waals surface area contributed by atoms with Crippen LogP contribution in [0, 0.1) is 0 Å². The minimum absolute atomic E-state index is 0. The number of nitrogens with one attached hydrogen (secondary N) is 1. The van der Waals surface area contributed by atoms with Crippen molar-refractivity contribution in [3.8, 4) is 0 Å². The predicted molar refractivity (Wildman–Crippen MR) is 56.8 cm³/mol. The number of carbonyl (C=O) groups excluding carboxylic acids is 1. The van der Waals surface area contributed by atoms with E-state index in [1.54, 1.807) is 0 Å². The van der Waals surface area contributed by atoms with Crippen molar-refractivity contribution in [3.63, 3.8) is 0 Å². The third kappa shape index (κ3) is 8.48. The first kappa shape index (κ1) is 16.3. The first-order chi connectivity index (χ1) is 5.66. The fraction of sp³-hybridized carbons (Fsp3) is 0.571. The Hall–Kier alpha value is -0.114. The number of rotatable bonds is 4. The maximum Gasteiger partial charge on any atom is 2.00 e. The van der Waals surface area contributed by atoms with Gasteiger partial charge >= 0.3 is 23.1 Å². The average Bonchev–Trinajstić information content (AvgIpc) is 1.80. The maximum atomic E-state index is 10.8. The van der Waals surface area contributed by atoms with E-state index in [-0.39, 0.29) is 25.9 Å². The molecular weight excluding hydrogens is 218 g/mol. The summed E-state index contributed by atoms with van der Waals surface area (Å²) in [5.74, 6) is -1.01. The van der Waals surface area contributed by atoms with Crippen molar-refractivity contribution in [2.45, 2.75) is 19.4 Å². The van der Waals surface area contributed by atoms with Crippen molar-refractivity contribution in [2.75, 3.05) is 5.75 Å². The quantitative estimate of drug-likeness (QED) is 0.400. The van der Waals surface area contributed by atoms with E-state index in [9.17, 15) is 13.2 Å². The summed E-state index contributed by atoms with van der Waals surface area (Å²) in [6, 6.07) is 0. The van der Waals surface area contributed by atoms with Gasteiger partial charge in [-0.15, -0.1) is 0 Å². The van der Waals surface area contributed by atoms with Crippen LogP contribution in [0.25, 0.3) is 0 Å². The van der Waals surface area contributed by atoms with Gasteiger partial charge in [0.2, 0.25) is 5.91 Å². The molecule has 0 saturated heterocycles. The van der Waals surface area contributed by atoms with Crippen LogP contribution in [0.3, 0.4) is 0 Å². The first-order valence-electron chi connectivity index (χ1n) is 3.56. The Morgan fingerprint density at radius 2 is 2.07 bits per heavy atom. The molecule has 0 aliphatic rings. The minimum atomic E-state index is -4.08. The molecular formula is C7H15MgNO4S. The maximum absolute atomic E-state index is 10.8. The van der Waals surface area contributed by atoms with Crippen molar-refractivity contribution in [2.24, 2.45) is 0 Å². The Morgan fingerprint density at radius 1 is 1.64 bits per heavy atom. The number of hydrogen-bond acceptors (Lipinski definition) is 3. The van der Waals surface area contributed by atoms with Crippen LogP contribution in [0.15, 0.2) is 12.7 Å². The molecule has 80 valence electrons. The summed E-state index contributed by atoms with van der Waals surface area (Å²) in [5, 5.41) is 2.37. The minimum Gasteiger partial charge on any atom is -1.00 e. The molecule has 2 N–H and O–H groups in total. The van der Waals surface area contributed by atoms with Crippen molar-refractivity contribution in [1.29, 1.82) is 0 Å². The van der Waals surface area contributed by atoms with Crippen LogP contribution in [0.5, 0.6) is 0 Å². The smallest absolute Gasteiger partial charge is 1.00 e. The molecule has 7 heteroatoms. The van der Waals surface area contributed by atoms with Gasteiger partial charge in [0.15, 0.2) is 0 Å². The number of amides is 1. The van der Waals surface area contributed by atoms with E-state index in [0.717, 1.165) is 6.08 Å². The second-order valence-corrected chi connectivity index (χ2v) is 4.76. The van der Waals surface area contributed by atoms with Gasteiger partial charge in [0.05, 0.1) is 11.3 Å². The van der Waals surface area contributed by atoms with Crippen LogP contribution in [0.4, 0.5) is 0 Å². The van der Waals surface area contributed by atoms with Gasteiger partial charge in [-0.1, -0.05) is 6.58 Å². The molecule has 0 spiro atoms. The van der Waals surface area contributed by atoms with Gasteiger partial charge in [0.25, 0.3) is 10.1 Å². The second kappa shape index (κ2) is 5.69. The van der Waals surface area contributed by atoms with Gasteiger partial charge in [-0.05, 0) is 19.9 Å². The third-order valence-corrected chi connectivity index (χ3v) is 2.28. The van der Waals surface area contributed by atoms with Crippen LogP contribution in [-0.4, -0.2) is 53.2 Å². The molecule has 0 aromatic heterocycles. The van der Waals surface area contributed by atoms with Crippen molar-refractivity contribution in [3.05, 3.63) is 12.7 Å². The predicted octanol–water partition coefficient (Wildman–Crippen LogP) is -0.201. The van der Waals surface area contributed by atoms with Crippen LogP contribution in [0.1, 0.15) is 16.7 Å². The van der Waals surface area contributed by atoms with E-state index in [1.807, 2.05) is 0 Å². The van der Waals surface area contributed by atoms with Crippen LogP contribution >= 0.6 is 0 Å². The Kier molecular flexibility index (Phi) is 6.63. The molecule has 0 unspecified atom stereocenters. The van der Waals surface area contributed by atoms with Crippen molar-refractivity contribution < 1.29 is 20.6 Å². The van der Waals surface area contributed by atoms with E-state index in [0.29, 0.717) is 0 Å². The zero-order valence-corrected chi connectivity index (χ0v) is 10.5. The van der Waals surface area contributed by atoms with Gasteiger partial charge in [-0.2, -0.15) is 8.42 Å². The summed E-state index contributed by atoms with van der Waals surface area (Å²) in [6.45, 7) is 6.19. The van der Waals surface area contributed by atoms with E-state index < -0.39 is 27.3 Å². The number of hydrogen-bond donors (Lipinski definition) is 2. The monoisotopic (exact) mass is 233 g/mol. The molecule has 5 nitrogen and oxygen atoms in total. The zero-order valence-electron chi connectivity index (χ0n) is 10.3. The molecule has 0 bridgehead atoms. The molecule has 0 aromatic rings. The van der Waals surface area contributed by atoms with E-state index in [1.165, 1.54) is 13.8 Å². The standard InChI is InChI=1S/C7H13NO4S.Mg.2H/c1-4-6(9)8-7(2,3)5-13(10,11)12;;;/h4H,1,5H2,2-3H3,(H,8,9)(H,10,11,12);;;/q;+2;2*-1. The normalized spacial score (nSPS) is 11.4. The molecule has 1 amide bonds. The van der Waals surface area contributed by atoms with Crippen molar-refractivity contribution >= 4 is 39.1 Å². The van der Waals surface area contributed by atoms with Gasteiger partial charge in [-0.25, -0.2) is 0 Å². The summed E-state index contributed by atoms with van der Waals surface area (Å²) in [4.78, 5) is 10.8. The molecule has 0 heterocycles. The van der Waals surface area contributed by atoms with Gasteiger partial charge in [0.1, 0.15) is 0 Å². The molecule has 0 atom stereocenters. The fourth-order valence-electron chi connectivity index (χ4n) is 0.877. The molecule has 0 aliphatic heterocycles. The number of carbonyl (C=O) groups is 1. The molecule has 0 aliphatic carbocycles. The largest absolute Gasteiger partial charge is 2.00 e. The Morgan fingerprint density at radius 3 is 2.36 bits per heavy atom. The molecule has 14 heavy (non-hydrogen) atoms.